The molecule has 37 heavy (non-hydrogen) atoms. The van der Waals surface area contributed by atoms with E-state index in [1.54, 1.807) is 37.4 Å². The van der Waals surface area contributed by atoms with E-state index < -0.39 is 17.7 Å². The first-order valence-electron chi connectivity index (χ1n) is 12.3. The molecule has 192 valence electrons. The second-order valence-corrected chi connectivity index (χ2v) is 8.71. The summed E-state index contributed by atoms with van der Waals surface area (Å²) in [4.78, 5) is 28.1. The van der Waals surface area contributed by atoms with Crippen molar-refractivity contribution in [1.82, 2.24) is 4.90 Å². The number of carbonyl (C=O) groups is 2. The molecule has 0 aromatic heterocycles. The predicted octanol–water partition coefficient (Wildman–Crippen LogP) is 5.16. The van der Waals surface area contributed by atoms with Crippen LogP contribution in [0.4, 0.5) is 0 Å². The van der Waals surface area contributed by atoms with E-state index in [9.17, 15) is 14.7 Å². The fraction of sp³-hybridized carbons (Fsp3) is 0.267. The van der Waals surface area contributed by atoms with Gasteiger partial charge in [0.1, 0.15) is 23.0 Å². The molecule has 0 bridgehead atoms. The van der Waals surface area contributed by atoms with Gasteiger partial charge in [0.2, 0.25) is 0 Å². The van der Waals surface area contributed by atoms with Gasteiger partial charge < -0.3 is 24.2 Å². The summed E-state index contributed by atoms with van der Waals surface area (Å²) < 4.78 is 16.4. The number of ether oxygens (including phenoxy) is 3. The molecule has 3 aromatic rings. The maximum atomic E-state index is 13.3. The Hall–Kier alpha value is -4.26. The van der Waals surface area contributed by atoms with Gasteiger partial charge in [-0.1, -0.05) is 37.3 Å². The number of ketones is 1. The average molecular weight is 502 g/mol. The molecule has 3 aromatic carbocycles. The summed E-state index contributed by atoms with van der Waals surface area (Å²) in [5.41, 5.74) is 2.08. The summed E-state index contributed by atoms with van der Waals surface area (Å²) in [6.07, 6.45) is 1.40. The van der Waals surface area contributed by atoms with Crippen molar-refractivity contribution in [2.45, 2.75) is 25.8 Å². The molecule has 1 fully saturated rings. The molecule has 0 spiro atoms. The highest BCUT2D eigenvalue weighted by atomic mass is 16.5. The lowest BCUT2D eigenvalue weighted by Crippen LogP contribution is -2.31. The van der Waals surface area contributed by atoms with E-state index in [2.05, 4.69) is 0 Å². The number of rotatable bonds is 10. The Bertz CT molecular complexity index is 1280. The number of nitrogens with zero attached hydrogens (tertiary/aromatic N) is 1. The molecule has 1 atom stereocenters. The zero-order valence-corrected chi connectivity index (χ0v) is 21.3. The third kappa shape index (κ3) is 5.45. The van der Waals surface area contributed by atoms with Crippen molar-refractivity contribution in [3.63, 3.8) is 0 Å². The van der Waals surface area contributed by atoms with Crippen LogP contribution in [0, 0.1) is 0 Å². The summed E-state index contributed by atoms with van der Waals surface area (Å²) in [5, 5.41) is 11.3. The van der Waals surface area contributed by atoms with Gasteiger partial charge in [0, 0.05) is 17.7 Å². The number of para-hydroxylation sites is 1. The third-order valence-electron chi connectivity index (χ3n) is 6.37. The van der Waals surface area contributed by atoms with Gasteiger partial charge >= 0.3 is 0 Å². The molecule has 7 nitrogen and oxygen atoms in total. The van der Waals surface area contributed by atoms with Crippen molar-refractivity contribution in [3.05, 3.63) is 95.1 Å². The average Bonchev–Trinajstić information content (AvgIpc) is 3.19. The molecule has 0 saturated carbocycles. The molecule has 7 heteroatoms. The first-order valence-corrected chi connectivity index (χ1v) is 12.3. The predicted molar refractivity (Wildman–Crippen MR) is 141 cm³/mol. The highest BCUT2D eigenvalue weighted by Crippen LogP contribution is 2.42. The molecule has 1 amide bonds. The van der Waals surface area contributed by atoms with Gasteiger partial charge in [-0.05, 0) is 60.9 Å². The molecule has 1 saturated heterocycles. The molecule has 4 rings (SSSR count). The van der Waals surface area contributed by atoms with Crippen molar-refractivity contribution < 1.29 is 28.9 Å². The minimum atomic E-state index is -0.801. The Morgan fingerprint density at radius 2 is 1.57 bits per heavy atom. The number of benzene rings is 3. The Kier molecular flexibility index (Phi) is 8.13. The number of hydrogen-bond acceptors (Lipinski definition) is 6. The number of carbonyl (C=O) groups excluding carboxylic acids is 2. The van der Waals surface area contributed by atoms with Crippen LogP contribution in [-0.4, -0.2) is 49.1 Å². The smallest absolute Gasteiger partial charge is 0.295 e. The molecular formula is C30H31NO6. The quantitative estimate of drug-likeness (QED) is 0.235. The van der Waals surface area contributed by atoms with E-state index >= 15 is 0 Å². The largest absolute Gasteiger partial charge is 0.507 e. The number of aliphatic hydroxyl groups excluding tert-OH is 1. The van der Waals surface area contributed by atoms with E-state index in [0.29, 0.717) is 35.7 Å². The van der Waals surface area contributed by atoms with Gasteiger partial charge in [-0.25, -0.2) is 0 Å². The fourth-order valence-electron chi connectivity index (χ4n) is 4.45. The summed E-state index contributed by atoms with van der Waals surface area (Å²) in [7, 11) is 3.14. The summed E-state index contributed by atoms with van der Waals surface area (Å²) in [5.74, 6) is 0.313. The van der Waals surface area contributed by atoms with Gasteiger partial charge in [-0.15, -0.1) is 0 Å². The zero-order valence-electron chi connectivity index (χ0n) is 21.3. The lowest BCUT2D eigenvalue weighted by Gasteiger charge is -2.26. The molecule has 1 unspecified atom stereocenters. The SMILES string of the molecule is CCCOc1ccc(/C(O)=C2/C(=O)C(=O)N(CCc3ccc(OC)cc3)C2c2ccccc2OC)cc1. The van der Waals surface area contributed by atoms with Gasteiger partial charge in [0.15, 0.2) is 0 Å². The van der Waals surface area contributed by atoms with Crippen LogP contribution in [0.3, 0.4) is 0 Å². The maximum absolute atomic E-state index is 13.3. The van der Waals surface area contributed by atoms with Crippen molar-refractivity contribution >= 4 is 17.4 Å². The molecule has 0 radical (unpaired) electrons. The molecule has 0 aliphatic carbocycles. The molecule has 1 aliphatic rings. The van der Waals surface area contributed by atoms with Crippen LogP contribution < -0.4 is 14.2 Å². The zero-order chi connectivity index (χ0) is 26.4. The minimum absolute atomic E-state index is 0.0338. The Morgan fingerprint density at radius 1 is 0.892 bits per heavy atom. The highest BCUT2D eigenvalue weighted by molar-refractivity contribution is 6.46. The van der Waals surface area contributed by atoms with Crippen LogP contribution in [0.5, 0.6) is 17.2 Å². The number of methoxy groups -OCH3 is 2. The topological polar surface area (TPSA) is 85.3 Å². The fourth-order valence-corrected chi connectivity index (χ4v) is 4.45. The van der Waals surface area contributed by atoms with Crippen LogP contribution >= 0.6 is 0 Å². The van der Waals surface area contributed by atoms with Crippen LogP contribution in [0.25, 0.3) is 5.76 Å². The van der Waals surface area contributed by atoms with Crippen molar-refractivity contribution in [1.29, 1.82) is 0 Å². The first kappa shape index (κ1) is 25.8. The number of aliphatic hydroxyl groups is 1. The second kappa shape index (κ2) is 11.6. The van der Waals surface area contributed by atoms with Crippen molar-refractivity contribution in [2.75, 3.05) is 27.4 Å². The number of amides is 1. The first-order chi connectivity index (χ1) is 18.0. The van der Waals surface area contributed by atoms with E-state index in [0.717, 1.165) is 17.7 Å². The van der Waals surface area contributed by atoms with E-state index in [4.69, 9.17) is 14.2 Å². The molecule has 1 N–H and O–H groups in total. The van der Waals surface area contributed by atoms with Crippen LogP contribution in [0.2, 0.25) is 0 Å². The lowest BCUT2D eigenvalue weighted by molar-refractivity contribution is -0.139. The highest BCUT2D eigenvalue weighted by Gasteiger charge is 2.46. The number of hydrogen-bond donors (Lipinski definition) is 1. The van der Waals surface area contributed by atoms with Crippen LogP contribution in [-0.2, 0) is 16.0 Å². The maximum Gasteiger partial charge on any atom is 0.295 e. The van der Waals surface area contributed by atoms with Crippen LogP contribution in [0.1, 0.15) is 36.1 Å². The van der Waals surface area contributed by atoms with Crippen LogP contribution in [0.15, 0.2) is 78.4 Å². The van der Waals surface area contributed by atoms with E-state index in [-0.39, 0.29) is 17.9 Å². The normalized spacial score (nSPS) is 16.6. The molecular weight excluding hydrogens is 470 g/mol. The molecule has 1 heterocycles. The Labute approximate surface area is 216 Å². The Balaban J connectivity index is 1.73. The van der Waals surface area contributed by atoms with Gasteiger partial charge in [0.05, 0.1) is 32.4 Å². The van der Waals surface area contributed by atoms with Gasteiger partial charge in [-0.3, -0.25) is 9.59 Å². The number of Topliss-reactive ketones (excluding diaryl/α,β-unsaturated/α-hetero) is 1. The summed E-state index contributed by atoms with van der Waals surface area (Å²) in [6.45, 7) is 2.88. The van der Waals surface area contributed by atoms with E-state index in [1.807, 2.05) is 49.4 Å². The lowest BCUT2D eigenvalue weighted by atomic mass is 9.94. The third-order valence-corrected chi connectivity index (χ3v) is 6.37. The molecule has 1 aliphatic heterocycles. The van der Waals surface area contributed by atoms with Crippen molar-refractivity contribution in [3.8, 4) is 17.2 Å². The monoisotopic (exact) mass is 501 g/mol. The minimum Gasteiger partial charge on any atom is -0.507 e. The summed E-state index contributed by atoms with van der Waals surface area (Å²) in [6, 6.07) is 20.8. The summed E-state index contributed by atoms with van der Waals surface area (Å²) >= 11 is 0. The van der Waals surface area contributed by atoms with Gasteiger partial charge in [-0.2, -0.15) is 0 Å². The number of likely N-dealkylation sites (tertiary alicyclic amines) is 1. The van der Waals surface area contributed by atoms with Crippen molar-refractivity contribution in [2.24, 2.45) is 0 Å². The van der Waals surface area contributed by atoms with Gasteiger partial charge in [0.25, 0.3) is 11.7 Å². The van der Waals surface area contributed by atoms with E-state index in [1.165, 1.54) is 12.0 Å². The Morgan fingerprint density at radius 3 is 2.22 bits per heavy atom. The second-order valence-electron chi connectivity index (χ2n) is 8.71. The standard InChI is InChI=1S/C30H31NO6/c1-4-19-37-23-15-11-21(12-16-23)28(32)26-27(24-7-5-6-8-25(24)36-3)31(30(34)29(26)33)18-17-20-9-13-22(35-2)14-10-20/h5-16,27,32H,4,17-19H2,1-3H3/b28-26-.